The molecule has 0 aliphatic heterocycles. The van der Waals surface area contributed by atoms with Crippen LogP contribution in [-0.2, 0) is 12.8 Å². The quantitative estimate of drug-likeness (QED) is 0.556. The number of pyridine rings is 1. The molecule has 27 heavy (non-hydrogen) atoms. The van der Waals surface area contributed by atoms with Gasteiger partial charge in [0.25, 0.3) is 0 Å². The number of halogens is 2. The molecule has 0 radical (unpaired) electrons. The Hall–Kier alpha value is -2.59. The zero-order valence-electron chi connectivity index (χ0n) is 15.5. The van der Waals surface area contributed by atoms with E-state index in [1.54, 1.807) is 12.3 Å². The number of aromatic nitrogens is 1. The summed E-state index contributed by atoms with van der Waals surface area (Å²) in [6.45, 7) is 2.94. The maximum Gasteiger partial charge on any atom is 0.159 e. The van der Waals surface area contributed by atoms with Crippen molar-refractivity contribution in [1.82, 2.24) is 10.3 Å². The van der Waals surface area contributed by atoms with Gasteiger partial charge in [-0.05, 0) is 73.2 Å². The molecular formula is C23H24F2N2. The molecule has 1 heterocycles. The fourth-order valence-electron chi connectivity index (χ4n) is 3.17. The van der Waals surface area contributed by atoms with E-state index in [4.69, 9.17) is 0 Å². The Labute approximate surface area is 159 Å². The topological polar surface area (TPSA) is 24.9 Å². The van der Waals surface area contributed by atoms with Crippen LogP contribution in [0, 0.1) is 11.6 Å². The molecule has 0 saturated heterocycles. The minimum atomic E-state index is -0.798. The third-order valence-corrected chi connectivity index (χ3v) is 4.58. The Morgan fingerprint density at radius 3 is 2.56 bits per heavy atom. The molecule has 0 amide bonds. The predicted octanol–water partition coefficient (Wildman–Crippen LogP) is 5.18. The number of hydrogen-bond acceptors (Lipinski definition) is 2. The van der Waals surface area contributed by atoms with Crippen LogP contribution in [0.1, 0.15) is 24.5 Å². The lowest BCUT2D eigenvalue weighted by Crippen LogP contribution is -2.29. The van der Waals surface area contributed by atoms with Crippen LogP contribution >= 0.6 is 0 Å². The molecule has 0 saturated carbocycles. The first kappa shape index (κ1) is 19.2. The summed E-state index contributed by atoms with van der Waals surface area (Å²) in [5, 5.41) is 3.46. The molecule has 1 aromatic heterocycles. The summed E-state index contributed by atoms with van der Waals surface area (Å²) < 4.78 is 26.3. The van der Waals surface area contributed by atoms with Crippen LogP contribution in [-0.4, -0.2) is 17.6 Å². The number of aryl methyl sites for hydroxylation is 1. The van der Waals surface area contributed by atoms with Crippen molar-refractivity contribution in [2.75, 3.05) is 6.54 Å². The maximum atomic E-state index is 13.3. The van der Waals surface area contributed by atoms with E-state index in [0.717, 1.165) is 30.5 Å². The van der Waals surface area contributed by atoms with Crippen LogP contribution in [0.4, 0.5) is 8.78 Å². The van der Waals surface area contributed by atoms with Gasteiger partial charge in [0.1, 0.15) is 0 Å². The Bertz CT molecular complexity index is 865. The van der Waals surface area contributed by atoms with Crippen LogP contribution in [0.2, 0.25) is 0 Å². The van der Waals surface area contributed by atoms with Gasteiger partial charge in [0.05, 0.1) is 0 Å². The second kappa shape index (κ2) is 9.38. The van der Waals surface area contributed by atoms with E-state index in [-0.39, 0.29) is 6.04 Å². The molecule has 2 nitrogen and oxygen atoms in total. The second-order valence-corrected chi connectivity index (χ2v) is 6.85. The number of benzene rings is 2. The summed E-state index contributed by atoms with van der Waals surface area (Å²) in [4.78, 5) is 4.18. The van der Waals surface area contributed by atoms with E-state index in [9.17, 15) is 8.78 Å². The molecule has 0 spiro atoms. The number of rotatable bonds is 8. The van der Waals surface area contributed by atoms with E-state index in [0.29, 0.717) is 6.42 Å². The third kappa shape index (κ3) is 5.69. The van der Waals surface area contributed by atoms with Crippen molar-refractivity contribution < 1.29 is 8.78 Å². The smallest absolute Gasteiger partial charge is 0.159 e. The molecule has 0 aliphatic rings. The van der Waals surface area contributed by atoms with Crippen LogP contribution in [0.15, 0.2) is 67.0 Å². The standard InChI is InChI=1S/C23H24F2N2/c1-17(13-19-9-10-22(24)23(25)15-19)27-12-3-6-18-5-2-7-20(14-18)21-8-4-11-26-16-21/h2,4-5,7-11,14-17,27H,3,6,12-13H2,1H3. The lowest BCUT2D eigenvalue weighted by atomic mass is 10.0. The van der Waals surface area contributed by atoms with Crippen molar-refractivity contribution >= 4 is 0 Å². The molecule has 0 bridgehead atoms. The van der Waals surface area contributed by atoms with E-state index in [1.807, 2.05) is 12.3 Å². The predicted molar refractivity (Wildman–Crippen MR) is 106 cm³/mol. The van der Waals surface area contributed by atoms with E-state index in [1.165, 1.54) is 23.3 Å². The molecule has 2 aromatic carbocycles. The average Bonchev–Trinajstić information content (AvgIpc) is 2.69. The van der Waals surface area contributed by atoms with Crippen LogP contribution in [0.25, 0.3) is 11.1 Å². The first-order chi connectivity index (χ1) is 13.1. The first-order valence-electron chi connectivity index (χ1n) is 9.28. The van der Waals surface area contributed by atoms with Gasteiger partial charge < -0.3 is 5.32 Å². The van der Waals surface area contributed by atoms with Crippen molar-refractivity contribution in [3.05, 3.63) is 89.8 Å². The van der Waals surface area contributed by atoms with Gasteiger partial charge >= 0.3 is 0 Å². The fourth-order valence-corrected chi connectivity index (χ4v) is 3.17. The van der Waals surface area contributed by atoms with Gasteiger partial charge in [-0.1, -0.05) is 36.4 Å². The van der Waals surface area contributed by atoms with Crippen LogP contribution in [0.3, 0.4) is 0 Å². The third-order valence-electron chi connectivity index (χ3n) is 4.58. The summed E-state index contributed by atoms with van der Waals surface area (Å²) >= 11 is 0. The molecule has 140 valence electrons. The second-order valence-electron chi connectivity index (χ2n) is 6.85. The lowest BCUT2D eigenvalue weighted by molar-refractivity contribution is 0.501. The van der Waals surface area contributed by atoms with E-state index < -0.39 is 11.6 Å². The number of nitrogens with one attached hydrogen (secondary N) is 1. The molecule has 3 aromatic rings. The summed E-state index contributed by atoms with van der Waals surface area (Å²) in [5.41, 5.74) is 4.40. The van der Waals surface area contributed by atoms with E-state index in [2.05, 4.69) is 47.6 Å². The SMILES string of the molecule is CC(Cc1ccc(F)c(F)c1)NCCCc1cccc(-c2cccnc2)c1. The molecule has 1 N–H and O–H groups in total. The van der Waals surface area contributed by atoms with Gasteiger partial charge in [-0.25, -0.2) is 8.78 Å². The number of hydrogen-bond donors (Lipinski definition) is 1. The highest BCUT2D eigenvalue weighted by atomic mass is 19.2. The largest absolute Gasteiger partial charge is 0.314 e. The summed E-state index contributed by atoms with van der Waals surface area (Å²) in [6, 6.07) is 16.8. The Morgan fingerprint density at radius 2 is 1.78 bits per heavy atom. The van der Waals surface area contributed by atoms with Crippen LogP contribution in [0.5, 0.6) is 0 Å². The Balaban J connectivity index is 1.45. The molecule has 4 heteroatoms. The molecule has 1 atom stereocenters. The van der Waals surface area contributed by atoms with Crippen LogP contribution < -0.4 is 5.32 Å². The Morgan fingerprint density at radius 1 is 0.926 bits per heavy atom. The van der Waals surface area contributed by atoms with Gasteiger partial charge in [0.2, 0.25) is 0 Å². The van der Waals surface area contributed by atoms with E-state index >= 15 is 0 Å². The van der Waals surface area contributed by atoms with Gasteiger partial charge in [0.15, 0.2) is 11.6 Å². The van der Waals surface area contributed by atoms with Crippen molar-refractivity contribution in [2.24, 2.45) is 0 Å². The molecule has 3 rings (SSSR count). The normalized spacial score (nSPS) is 12.1. The highest BCUT2D eigenvalue weighted by molar-refractivity contribution is 5.62. The average molecular weight is 366 g/mol. The summed E-state index contributed by atoms with van der Waals surface area (Å²) in [5.74, 6) is -1.58. The lowest BCUT2D eigenvalue weighted by Gasteiger charge is -2.14. The summed E-state index contributed by atoms with van der Waals surface area (Å²) in [7, 11) is 0. The minimum absolute atomic E-state index is 0.205. The zero-order valence-corrected chi connectivity index (χ0v) is 15.5. The highest BCUT2D eigenvalue weighted by Gasteiger charge is 2.07. The molecule has 1 unspecified atom stereocenters. The Kier molecular flexibility index (Phi) is 6.66. The number of nitrogens with zero attached hydrogens (tertiary/aromatic N) is 1. The van der Waals surface area contributed by atoms with Gasteiger partial charge in [0, 0.05) is 18.4 Å². The highest BCUT2D eigenvalue weighted by Crippen LogP contribution is 2.19. The fraction of sp³-hybridized carbons (Fsp3) is 0.261. The van der Waals surface area contributed by atoms with Crippen molar-refractivity contribution in [3.8, 4) is 11.1 Å². The van der Waals surface area contributed by atoms with Gasteiger partial charge in [-0.3, -0.25) is 4.98 Å². The van der Waals surface area contributed by atoms with Crippen molar-refractivity contribution in [3.63, 3.8) is 0 Å². The van der Waals surface area contributed by atoms with Gasteiger partial charge in [-0.2, -0.15) is 0 Å². The summed E-state index contributed by atoms with van der Waals surface area (Å²) in [6.07, 6.45) is 6.33. The first-order valence-corrected chi connectivity index (χ1v) is 9.28. The molecule has 0 aliphatic carbocycles. The van der Waals surface area contributed by atoms with Crippen molar-refractivity contribution in [2.45, 2.75) is 32.2 Å². The van der Waals surface area contributed by atoms with Crippen molar-refractivity contribution in [1.29, 1.82) is 0 Å². The maximum absolute atomic E-state index is 13.3. The molecular weight excluding hydrogens is 342 g/mol. The monoisotopic (exact) mass is 366 g/mol. The zero-order chi connectivity index (χ0) is 19.1. The minimum Gasteiger partial charge on any atom is -0.314 e. The molecule has 0 fully saturated rings. The van der Waals surface area contributed by atoms with Gasteiger partial charge in [-0.15, -0.1) is 0 Å².